The van der Waals surface area contributed by atoms with Crippen LogP contribution < -0.4 is 11.5 Å². The Morgan fingerprint density at radius 3 is 2.26 bits per heavy atom. The fourth-order valence-corrected chi connectivity index (χ4v) is 2.09. The van der Waals surface area contributed by atoms with Crippen molar-refractivity contribution in [2.45, 2.75) is 26.3 Å². The minimum absolute atomic E-state index is 0.0113. The number of hydrogen-bond acceptors (Lipinski definition) is 6. The van der Waals surface area contributed by atoms with Crippen molar-refractivity contribution in [1.82, 2.24) is 5.06 Å². The summed E-state index contributed by atoms with van der Waals surface area (Å²) in [5, 5.41) is 28.9. The van der Waals surface area contributed by atoms with Gasteiger partial charge in [0.05, 0.1) is 6.54 Å². The SMILES string of the molecule is CCN(O)Cc1c(N)cc(CCO)c(N)c1CCO. The van der Waals surface area contributed by atoms with E-state index in [9.17, 15) is 5.21 Å². The lowest BCUT2D eigenvalue weighted by Gasteiger charge is -2.21. The standard InChI is InChI=1S/C13H23N3O3/c1-2-16(19)8-11-10(4-6-18)13(15)9(3-5-17)7-12(11)14/h7,17-19H,2-6,8,14-15H2,1H3. The average molecular weight is 269 g/mol. The summed E-state index contributed by atoms with van der Waals surface area (Å²) in [7, 11) is 0. The third-order valence-corrected chi connectivity index (χ3v) is 3.16. The van der Waals surface area contributed by atoms with Gasteiger partial charge in [0, 0.05) is 31.1 Å². The number of hydrogen-bond donors (Lipinski definition) is 5. The summed E-state index contributed by atoms with van der Waals surface area (Å²) in [6, 6.07) is 1.73. The first-order valence-corrected chi connectivity index (χ1v) is 6.39. The van der Waals surface area contributed by atoms with Crippen LogP contribution in [-0.2, 0) is 19.4 Å². The number of anilines is 2. The molecule has 1 aromatic rings. The van der Waals surface area contributed by atoms with E-state index in [4.69, 9.17) is 21.7 Å². The normalized spacial score (nSPS) is 11.2. The molecule has 0 aliphatic carbocycles. The molecule has 1 aromatic carbocycles. The number of nitrogens with two attached hydrogens (primary N) is 2. The average Bonchev–Trinajstić information content (AvgIpc) is 2.39. The molecule has 0 bridgehead atoms. The molecular formula is C13H23N3O3. The Labute approximate surface area is 113 Å². The number of aliphatic hydroxyl groups is 2. The van der Waals surface area contributed by atoms with Crippen LogP contribution in [0.3, 0.4) is 0 Å². The molecule has 0 saturated carbocycles. The topological polar surface area (TPSA) is 116 Å². The highest BCUT2D eigenvalue weighted by atomic mass is 16.5. The van der Waals surface area contributed by atoms with Crippen LogP contribution in [0.4, 0.5) is 11.4 Å². The maximum atomic E-state index is 9.63. The van der Waals surface area contributed by atoms with Gasteiger partial charge in [-0.25, -0.2) is 0 Å². The van der Waals surface area contributed by atoms with Crippen molar-refractivity contribution < 1.29 is 15.4 Å². The first-order valence-electron chi connectivity index (χ1n) is 6.39. The molecule has 6 heteroatoms. The molecule has 0 heterocycles. The first kappa shape index (κ1) is 15.7. The van der Waals surface area contributed by atoms with E-state index in [1.54, 1.807) is 6.07 Å². The lowest BCUT2D eigenvalue weighted by Crippen LogP contribution is -2.21. The molecule has 0 spiro atoms. The van der Waals surface area contributed by atoms with Gasteiger partial charge in [-0.1, -0.05) is 6.92 Å². The molecule has 1 rings (SSSR count). The van der Waals surface area contributed by atoms with Gasteiger partial charge in [-0.15, -0.1) is 0 Å². The summed E-state index contributed by atoms with van der Waals surface area (Å²) in [4.78, 5) is 0. The van der Waals surface area contributed by atoms with Crippen LogP contribution in [0.15, 0.2) is 6.07 Å². The molecule has 0 aromatic heterocycles. The highest BCUT2D eigenvalue weighted by molar-refractivity contribution is 5.66. The zero-order valence-corrected chi connectivity index (χ0v) is 11.3. The maximum absolute atomic E-state index is 9.63. The van der Waals surface area contributed by atoms with Crippen LogP contribution >= 0.6 is 0 Å². The fraction of sp³-hybridized carbons (Fsp3) is 0.538. The summed E-state index contributed by atoms with van der Waals surface area (Å²) in [5.41, 5.74) is 15.4. The zero-order valence-electron chi connectivity index (χ0n) is 11.3. The number of aliphatic hydroxyl groups excluding tert-OH is 2. The van der Waals surface area contributed by atoms with Gasteiger partial charge in [0.15, 0.2) is 0 Å². The molecule has 0 aliphatic heterocycles. The summed E-state index contributed by atoms with van der Waals surface area (Å²) < 4.78 is 0. The van der Waals surface area contributed by atoms with Gasteiger partial charge >= 0.3 is 0 Å². The van der Waals surface area contributed by atoms with E-state index in [0.717, 1.165) is 21.8 Å². The van der Waals surface area contributed by atoms with E-state index in [2.05, 4.69) is 0 Å². The number of rotatable bonds is 7. The van der Waals surface area contributed by atoms with Crippen molar-refractivity contribution in [1.29, 1.82) is 0 Å². The van der Waals surface area contributed by atoms with Crippen molar-refractivity contribution in [2.75, 3.05) is 31.2 Å². The smallest absolute Gasteiger partial charge is 0.0512 e. The molecule has 6 nitrogen and oxygen atoms in total. The van der Waals surface area contributed by atoms with Crippen LogP contribution in [-0.4, -0.2) is 40.2 Å². The Morgan fingerprint density at radius 2 is 1.74 bits per heavy atom. The van der Waals surface area contributed by atoms with Gasteiger partial charge < -0.3 is 26.9 Å². The molecule has 108 valence electrons. The maximum Gasteiger partial charge on any atom is 0.0512 e. The van der Waals surface area contributed by atoms with Crippen molar-refractivity contribution in [3.63, 3.8) is 0 Å². The lowest BCUT2D eigenvalue weighted by atomic mass is 9.95. The zero-order chi connectivity index (χ0) is 14.4. The van der Waals surface area contributed by atoms with E-state index in [1.165, 1.54) is 0 Å². The highest BCUT2D eigenvalue weighted by Crippen LogP contribution is 2.29. The second-order valence-corrected chi connectivity index (χ2v) is 4.42. The molecule has 0 atom stereocenters. The van der Waals surface area contributed by atoms with Gasteiger partial charge in [0.1, 0.15) is 0 Å². The predicted octanol–water partition coefficient (Wildman–Crippen LogP) is 0.132. The van der Waals surface area contributed by atoms with Crippen molar-refractivity contribution in [2.24, 2.45) is 0 Å². The van der Waals surface area contributed by atoms with Crippen molar-refractivity contribution in [3.05, 3.63) is 22.8 Å². The van der Waals surface area contributed by atoms with Crippen LogP contribution in [0.5, 0.6) is 0 Å². The number of nitrogens with zero attached hydrogens (tertiary/aromatic N) is 1. The Hall–Kier alpha value is -1.34. The number of hydroxylamine groups is 2. The number of nitrogen functional groups attached to an aromatic ring is 2. The van der Waals surface area contributed by atoms with Crippen molar-refractivity contribution >= 4 is 11.4 Å². The summed E-state index contributed by atoms with van der Waals surface area (Å²) in [5.74, 6) is 0. The summed E-state index contributed by atoms with van der Waals surface area (Å²) in [6.45, 7) is 2.50. The van der Waals surface area contributed by atoms with E-state index in [1.807, 2.05) is 6.92 Å². The van der Waals surface area contributed by atoms with Crippen LogP contribution in [0.1, 0.15) is 23.6 Å². The predicted molar refractivity (Wildman–Crippen MR) is 74.7 cm³/mol. The van der Waals surface area contributed by atoms with Gasteiger partial charge in [-0.2, -0.15) is 5.06 Å². The Balaban J connectivity index is 3.23. The molecule has 7 N–H and O–H groups in total. The van der Waals surface area contributed by atoms with E-state index in [-0.39, 0.29) is 19.8 Å². The third kappa shape index (κ3) is 3.81. The van der Waals surface area contributed by atoms with Gasteiger partial charge in [0.2, 0.25) is 0 Å². The van der Waals surface area contributed by atoms with Gasteiger partial charge in [-0.05, 0) is 35.6 Å². The van der Waals surface area contributed by atoms with E-state index in [0.29, 0.717) is 30.8 Å². The van der Waals surface area contributed by atoms with Gasteiger partial charge in [0.25, 0.3) is 0 Å². The fourth-order valence-electron chi connectivity index (χ4n) is 2.09. The van der Waals surface area contributed by atoms with Crippen LogP contribution in [0, 0.1) is 0 Å². The second-order valence-electron chi connectivity index (χ2n) is 4.42. The first-order chi connectivity index (χ1) is 9.04. The van der Waals surface area contributed by atoms with Crippen LogP contribution in [0.25, 0.3) is 0 Å². The molecule has 0 amide bonds. The molecule has 0 fully saturated rings. The largest absolute Gasteiger partial charge is 0.398 e. The summed E-state index contributed by atoms with van der Waals surface area (Å²) in [6.07, 6.45) is 0.799. The second kappa shape index (κ2) is 7.30. The van der Waals surface area contributed by atoms with Crippen LogP contribution in [0.2, 0.25) is 0 Å². The molecule has 0 aliphatic rings. The Morgan fingerprint density at radius 1 is 1.11 bits per heavy atom. The molecular weight excluding hydrogens is 246 g/mol. The molecule has 0 saturated heterocycles. The molecule has 19 heavy (non-hydrogen) atoms. The lowest BCUT2D eigenvalue weighted by molar-refractivity contribution is -0.0946. The molecule has 0 unspecified atom stereocenters. The molecule has 0 radical (unpaired) electrons. The Kier molecular flexibility index (Phi) is 6.04. The van der Waals surface area contributed by atoms with Crippen molar-refractivity contribution in [3.8, 4) is 0 Å². The monoisotopic (exact) mass is 269 g/mol. The quantitative estimate of drug-likeness (QED) is 0.355. The number of benzene rings is 1. The minimum atomic E-state index is -0.0449. The van der Waals surface area contributed by atoms with E-state index < -0.39 is 0 Å². The van der Waals surface area contributed by atoms with Gasteiger partial charge in [-0.3, -0.25) is 0 Å². The third-order valence-electron chi connectivity index (χ3n) is 3.16. The Bertz CT molecular complexity index is 424. The van der Waals surface area contributed by atoms with E-state index >= 15 is 0 Å². The highest BCUT2D eigenvalue weighted by Gasteiger charge is 2.16. The minimum Gasteiger partial charge on any atom is -0.398 e. The summed E-state index contributed by atoms with van der Waals surface area (Å²) >= 11 is 0.